The monoisotopic (exact) mass is 373 g/mol. The Morgan fingerprint density at radius 3 is 2.85 bits per heavy atom. The maximum Gasteiger partial charge on any atom is 0.240 e. The highest BCUT2D eigenvalue weighted by molar-refractivity contribution is 7.99. The first-order valence-corrected chi connectivity index (χ1v) is 9.73. The highest BCUT2D eigenvalue weighted by atomic mass is 32.2. The van der Waals surface area contributed by atoms with Crippen molar-refractivity contribution in [2.75, 3.05) is 37.0 Å². The van der Waals surface area contributed by atoms with Crippen molar-refractivity contribution in [1.29, 1.82) is 0 Å². The quantitative estimate of drug-likeness (QED) is 0.758. The summed E-state index contributed by atoms with van der Waals surface area (Å²) in [5, 5.41) is 3.88. The lowest BCUT2D eigenvalue weighted by atomic mass is 10.2. The number of fused-ring (bicyclic) bond motifs is 3. The van der Waals surface area contributed by atoms with E-state index in [2.05, 4.69) is 9.88 Å². The number of carbonyl (C=O) groups excluding carboxylic acids is 2. The Hall–Kier alpha value is -2.25. The van der Waals surface area contributed by atoms with Gasteiger partial charge in [-0.2, -0.15) is 0 Å². The molecule has 1 aliphatic rings. The third-order valence-electron chi connectivity index (χ3n) is 4.08. The zero-order valence-corrected chi connectivity index (χ0v) is 15.6. The minimum Gasteiger partial charge on any atom is -0.382 e. The molecule has 0 atom stereocenters. The summed E-state index contributed by atoms with van der Waals surface area (Å²) in [4.78, 5) is 26.6. The van der Waals surface area contributed by atoms with E-state index in [1.54, 1.807) is 4.90 Å². The summed E-state index contributed by atoms with van der Waals surface area (Å²) in [5.41, 5.74) is 1.65. The van der Waals surface area contributed by atoms with Crippen molar-refractivity contribution in [3.8, 4) is 5.69 Å². The molecule has 2 aromatic rings. The zero-order chi connectivity index (χ0) is 18.4. The van der Waals surface area contributed by atoms with E-state index in [4.69, 9.17) is 4.74 Å². The summed E-state index contributed by atoms with van der Waals surface area (Å²) in [6, 6.07) is 11.6. The average molecular weight is 373 g/mol. The van der Waals surface area contributed by atoms with Crippen LogP contribution in [0.2, 0.25) is 0 Å². The van der Waals surface area contributed by atoms with E-state index in [0.29, 0.717) is 25.5 Å². The molecule has 0 saturated heterocycles. The van der Waals surface area contributed by atoms with E-state index in [0.717, 1.165) is 22.8 Å². The zero-order valence-electron chi connectivity index (χ0n) is 14.8. The molecule has 0 aliphatic carbocycles. The molecule has 1 aromatic carbocycles. The van der Waals surface area contributed by atoms with Gasteiger partial charge in [0.15, 0.2) is 0 Å². The van der Waals surface area contributed by atoms with Crippen LogP contribution in [0, 0.1) is 0 Å². The van der Waals surface area contributed by atoms with Crippen LogP contribution in [0.4, 0.5) is 5.69 Å². The van der Waals surface area contributed by atoms with Gasteiger partial charge in [-0.1, -0.05) is 23.9 Å². The summed E-state index contributed by atoms with van der Waals surface area (Å²) in [7, 11) is 0. The van der Waals surface area contributed by atoms with Gasteiger partial charge in [-0.25, -0.2) is 0 Å². The van der Waals surface area contributed by atoms with Crippen molar-refractivity contribution in [3.05, 3.63) is 42.6 Å². The van der Waals surface area contributed by atoms with Gasteiger partial charge < -0.3 is 19.5 Å². The summed E-state index contributed by atoms with van der Waals surface area (Å²) in [6.45, 7) is 3.79. The minimum absolute atomic E-state index is 0.0155. The Balaban J connectivity index is 1.75. The Morgan fingerprint density at radius 2 is 2.04 bits per heavy atom. The molecule has 0 saturated carbocycles. The number of thioether (sulfide) groups is 1. The standard InChI is InChI=1S/C19H23N3O3S/c1-2-25-12-6-10-20-17(23)13-22-16-8-4-3-7-15(16)21-11-5-9-19(21)26-14-18(22)24/h3-5,7-9,11H,2,6,10,12-14H2,1H3,(H,20,23). The van der Waals surface area contributed by atoms with Crippen LogP contribution in [0.3, 0.4) is 0 Å². The number of hydrogen-bond donors (Lipinski definition) is 1. The maximum absolute atomic E-state index is 12.7. The van der Waals surface area contributed by atoms with Gasteiger partial charge in [-0.3, -0.25) is 9.59 Å². The smallest absolute Gasteiger partial charge is 0.240 e. The summed E-state index contributed by atoms with van der Waals surface area (Å²) < 4.78 is 7.32. The van der Waals surface area contributed by atoms with Crippen molar-refractivity contribution >= 4 is 29.3 Å². The molecule has 0 fully saturated rings. The first kappa shape index (κ1) is 18.5. The van der Waals surface area contributed by atoms with Crippen LogP contribution in [-0.2, 0) is 14.3 Å². The Morgan fingerprint density at radius 1 is 1.23 bits per heavy atom. The Bertz CT molecular complexity index is 775. The lowest BCUT2D eigenvalue weighted by molar-refractivity contribution is -0.122. The maximum atomic E-state index is 12.7. The average Bonchev–Trinajstić information content (AvgIpc) is 3.11. The summed E-state index contributed by atoms with van der Waals surface area (Å²) in [5.74, 6) is 0.0676. The van der Waals surface area contributed by atoms with Gasteiger partial charge in [0.25, 0.3) is 0 Å². The predicted octanol–water partition coefficient (Wildman–Crippen LogP) is 2.46. The van der Waals surface area contributed by atoms with E-state index in [1.165, 1.54) is 11.8 Å². The Kier molecular flexibility index (Phi) is 6.35. The SMILES string of the molecule is CCOCCCNC(=O)CN1C(=O)CSc2cccn2-c2ccccc21. The van der Waals surface area contributed by atoms with Crippen LogP contribution in [0.1, 0.15) is 13.3 Å². The van der Waals surface area contributed by atoms with Crippen LogP contribution in [0.25, 0.3) is 5.69 Å². The van der Waals surface area contributed by atoms with Crippen LogP contribution >= 0.6 is 11.8 Å². The first-order valence-electron chi connectivity index (χ1n) is 8.75. The van der Waals surface area contributed by atoms with Gasteiger partial charge in [0.1, 0.15) is 6.54 Å². The number of nitrogens with zero attached hydrogens (tertiary/aromatic N) is 2. The lowest BCUT2D eigenvalue weighted by Crippen LogP contribution is -2.43. The third-order valence-corrected chi connectivity index (χ3v) is 5.10. The number of benzene rings is 1. The number of anilines is 1. The number of amides is 2. The van der Waals surface area contributed by atoms with Gasteiger partial charge in [-0.15, -0.1) is 0 Å². The predicted molar refractivity (Wildman–Crippen MR) is 103 cm³/mol. The highest BCUT2D eigenvalue weighted by Crippen LogP contribution is 2.32. The van der Waals surface area contributed by atoms with Gasteiger partial charge in [0, 0.05) is 26.0 Å². The second-order valence-electron chi connectivity index (χ2n) is 5.87. The molecule has 6 nitrogen and oxygen atoms in total. The topological polar surface area (TPSA) is 63.6 Å². The van der Waals surface area contributed by atoms with Gasteiger partial charge in [0.05, 0.1) is 22.2 Å². The highest BCUT2D eigenvalue weighted by Gasteiger charge is 2.25. The summed E-state index contributed by atoms with van der Waals surface area (Å²) in [6.07, 6.45) is 2.73. The van der Waals surface area contributed by atoms with Crippen LogP contribution in [0.5, 0.6) is 0 Å². The molecule has 1 N–H and O–H groups in total. The number of aromatic nitrogens is 1. The molecule has 0 bridgehead atoms. The normalized spacial score (nSPS) is 13.6. The molecule has 2 heterocycles. The molecule has 1 aromatic heterocycles. The van der Waals surface area contributed by atoms with Crippen LogP contribution in [0.15, 0.2) is 47.6 Å². The number of ether oxygens (including phenoxy) is 1. The van der Waals surface area contributed by atoms with Crippen molar-refractivity contribution in [3.63, 3.8) is 0 Å². The minimum atomic E-state index is -0.164. The molecule has 2 amide bonds. The van der Waals surface area contributed by atoms with Crippen molar-refractivity contribution in [2.24, 2.45) is 0 Å². The summed E-state index contributed by atoms with van der Waals surface area (Å²) >= 11 is 1.48. The van der Waals surface area contributed by atoms with Gasteiger partial charge in [0.2, 0.25) is 11.8 Å². The number of carbonyl (C=O) groups is 2. The van der Waals surface area contributed by atoms with E-state index in [1.807, 2.05) is 49.5 Å². The molecule has 0 spiro atoms. The molecule has 3 rings (SSSR count). The molecule has 0 radical (unpaired) electrons. The second kappa shape index (κ2) is 8.91. The molecule has 26 heavy (non-hydrogen) atoms. The van der Waals surface area contributed by atoms with E-state index < -0.39 is 0 Å². The van der Waals surface area contributed by atoms with Crippen LogP contribution in [-0.4, -0.2) is 48.4 Å². The molecular formula is C19H23N3O3S. The fourth-order valence-electron chi connectivity index (χ4n) is 2.85. The van der Waals surface area contributed by atoms with Crippen LogP contribution < -0.4 is 10.2 Å². The number of rotatable bonds is 7. The van der Waals surface area contributed by atoms with Gasteiger partial charge >= 0.3 is 0 Å². The van der Waals surface area contributed by atoms with E-state index in [9.17, 15) is 9.59 Å². The number of nitrogens with one attached hydrogen (secondary N) is 1. The molecule has 7 heteroatoms. The van der Waals surface area contributed by atoms with Crippen molar-refractivity contribution in [1.82, 2.24) is 9.88 Å². The molecule has 1 aliphatic heterocycles. The van der Waals surface area contributed by atoms with E-state index in [-0.39, 0.29) is 18.4 Å². The number of hydrogen-bond acceptors (Lipinski definition) is 4. The fraction of sp³-hybridized carbons (Fsp3) is 0.368. The fourth-order valence-corrected chi connectivity index (χ4v) is 3.75. The third kappa shape index (κ3) is 4.28. The van der Waals surface area contributed by atoms with Crippen molar-refractivity contribution < 1.29 is 14.3 Å². The molecule has 0 unspecified atom stereocenters. The molecular weight excluding hydrogens is 350 g/mol. The first-order chi connectivity index (χ1) is 12.7. The Labute approximate surface area is 157 Å². The van der Waals surface area contributed by atoms with E-state index >= 15 is 0 Å². The lowest BCUT2D eigenvalue weighted by Gasteiger charge is -2.27. The number of para-hydroxylation sites is 2. The largest absolute Gasteiger partial charge is 0.382 e. The molecule has 138 valence electrons. The van der Waals surface area contributed by atoms with Crippen molar-refractivity contribution in [2.45, 2.75) is 18.4 Å². The second-order valence-corrected chi connectivity index (χ2v) is 6.87. The van der Waals surface area contributed by atoms with Gasteiger partial charge in [-0.05, 0) is 37.6 Å².